The summed E-state index contributed by atoms with van der Waals surface area (Å²) in [4.78, 5) is 11.7. The molecule has 1 rings (SSSR count). The van der Waals surface area contributed by atoms with Crippen LogP contribution in [0.15, 0.2) is 30.5 Å². The molecule has 0 aliphatic heterocycles. The summed E-state index contributed by atoms with van der Waals surface area (Å²) in [5.74, 6) is -0.00958. The van der Waals surface area contributed by atoms with Crippen LogP contribution in [0.5, 0.6) is 0 Å². The number of aryl methyl sites for hydroxylation is 2. The van der Waals surface area contributed by atoms with Gasteiger partial charge in [-0.2, -0.15) is 0 Å². The Hall–Kier alpha value is -1.57. The fourth-order valence-corrected chi connectivity index (χ4v) is 1.30. The van der Waals surface area contributed by atoms with Crippen molar-refractivity contribution in [1.82, 2.24) is 0 Å². The molecule has 0 unspecified atom stereocenters. The van der Waals surface area contributed by atoms with E-state index in [0.717, 1.165) is 16.7 Å². The first kappa shape index (κ1) is 11.5. The van der Waals surface area contributed by atoms with Crippen molar-refractivity contribution in [2.75, 3.05) is 6.61 Å². The van der Waals surface area contributed by atoms with Crippen LogP contribution in [0.1, 0.15) is 28.4 Å². The minimum Gasteiger partial charge on any atom is -0.501 e. The molecule has 80 valence electrons. The Morgan fingerprint density at radius 2 is 2.13 bits per heavy atom. The van der Waals surface area contributed by atoms with Gasteiger partial charge >= 0.3 is 0 Å². The summed E-state index contributed by atoms with van der Waals surface area (Å²) in [6.45, 7) is 6.37. The third-order valence-corrected chi connectivity index (χ3v) is 2.14. The summed E-state index contributed by atoms with van der Waals surface area (Å²) in [5, 5.41) is 0. The predicted octanol–water partition coefficient (Wildman–Crippen LogP) is 3.04. The van der Waals surface area contributed by atoms with Crippen molar-refractivity contribution < 1.29 is 9.53 Å². The summed E-state index contributed by atoms with van der Waals surface area (Å²) in [6.07, 6.45) is 2.91. The SMILES string of the molecule is CCOC=CC(=O)c1cc(C)ccc1C. The van der Waals surface area contributed by atoms with Gasteiger partial charge in [-0.1, -0.05) is 17.7 Å². The Morgan fingerprint density at radius 1 is 1.40 bits per heavy atom. The van der Waals surface area contributed by atoms with E-state index in [1.807, 2.05) is 39.0 Å². The highest BCUT2D eigenvalue weighted by Gasteiger charge is 2.05. The van der Waals surface area contributed by atoms with Crippen molar-refractivity contribution in [3.8, 4) is 0 Å². The molecule has 15 heavy (non-hydrogen) atoms. The van der Waals surface area contributed by atoms with Crippen molar-refractivity contribution >= 4 is 5.78 Å². The van der Waals surface area contributed by atoms with E-state index in [1.54, 1.807) is 0 Å². The molecule has 0 heterocycles. The lowest BCUT2D eigenvalue weighted by molar-refractivity contribution is 0.104. The summed E-state index contributed by atoms with van der Waals surface area (Å²) < 4.78 is 4.99. The minimum absolute atomic E-state index is 0.00958. The maximum absolute atomic E-state index is 11.7. The van der Waals surface area contributed by atoms with Gasteiger partial charge in [-0.25, -0.2) is 0 Å². The molecule has 0 saturated carbocycles. The maximum Gasteiger partial charge on any atom is 0.189 e. The molecule has 0 saturated heterocycles. The van der Waals surface area contributed by atoms with Crippen molar-refractivity contribution in [2.45, 2.75) is 20.8 Å². The van der Waals surface area contributed by atoms with E-state index < -0.39 is 0 Å². The number of rotatable bonds is 4. The summed E-state index contributed by atoms with van der Waals surface area (Å²) in [5.41, 5.74) is 2.83. The second-order valence-corrected chi connectivity index (χ2v) is 3.44. The van der Waals surface area contributed by atoms with Crippen LogP contribution in [0.4, 0.5) is 0 Å². The van der Waals surface area contributed by atoms with Crippen LogP contribution in [-0.2, 0) is 4.74 Å². The zero-order valence-electron chi connectivity index (χ0n) is 9.41. The first-order chi connectivity index (χ1) is 7.15. The van der Waals surface area contributed by atoms with Gasteiger partial charge in [-0.05, 0) is 32.4 Å². The van der Waals surface area contributed by atoms with E-state index in [-0.39, 0.29) is 5.78 Å². The van der Waals surface area contributed by atoms with Gasteiger partial charge in [-0.3, -0.25) is 4.79 Å². The molecular weight excluding hydrogens is 188 g/mol. The summed E-state index contributed by atoms with van der Waals surface area (Å²) in [7, 11) is 0. The molecule has 0 aromatic heterocycles. The van der Waals surface area contributed by atoms with Gasteiger partial charge in [0.25, 0.3) is 0 Å². The van der Waals surface area contributed by atoms with Crippen molar-refractivity contribution in [3.63, 3.8) is 0 Å². The largest absolute Gasteiger partial charge is 0.501 e. The first-order valence-electron chi connectivity index (χ1n) is 5.05. The molecule has 0 bridgehead atoms. The second kappa shape index (κ2) is 5.35. The van der Waals surface area contributed by atoms with Crippen LogP contribution in [0.3, 0.4) is 0 Å². The highest BCUT2D eigenvalue weighted by atomic mass is 16.5. The number of allylic oxidation sites excluding steroid dienone is 1. The second-order valence-electron chi connectivity index (χ2n) is 3.44. The molecule has 2 nitrogen and oxygen atoms in total. The molecule has 0 atom stereocenters. The van der Waals surface area contributed by atoms with E-state index in [1.165, 1.54) is 12.3 Å². The average Bonchev–Trinajstić information content (AvgIpc) is 2.22. The van der Waals surface area contributed by atoms with E-state index in [4.69, 9.17) is 4.74 Å². The molecule has 0 fully saturated rings. The number of hydrogen-bond acceptors (Lipinski definition) is 2. The van der Waals surface area contributed by atoms with Crippen LogP contribution in [0.2, 0.25) is 0 Å². The van der Waals surface area contributed by atoms with Crippen molar-refractivity contribution in [2.24, 2.45) is 0 Å². The molecule has 0 spiro atoms. The lowest BCUT2D eigenvalue weighted by Gasteiger charge is -2.02. The van der Waals surface area contributed by atoms with Crippen molar-refractivity contribution in [3.05, 3.63) is 47.2 Å². The number of carbonyl (C=O) groups is 1. The molecule has 2 heteroatoms. The van der Waals surface area contributed by atoms with E-state index in [0.29, 0.717) is 6.61 Å². The standard InChI is InChI=1S/C13H16O2/c1-4-15-8-7-13(14)12-9-10(2)5-6-11(12)3/h5-9H,4H2,1-3H3. The Bertz CT molecular complexity index is 378. The highest BCUT2D eigenvalue weighted by molar-refractivity contribution is 6.05. The molecule has 0 aliphatic carbocycles. The van der Waals surface area contributed by atoms with Crippen LogP contribution in [0.25, 0.3) is 0 Å². The lowest BCUT2D eigenvalue weighted by atomic mass is 10.0. The highest BCUT2D eigenvalue weighted by Crippen LogP contribution is 2.11. The van der Waals surface area contributed by atoms with Gasteiger partial charge in [0.15, 0.2) is 5.78 Å². The lowest BCUT2D eigenvalue weighted by Crippen LogP contribution is -1.98. The fourth-order valence-electron chi connectivity index (χ4n) is 1.30. The van der Waals surface area contributed by atoms with E-state index >= 15 is 0 Å². The molecule has 0 radical (unpaired) electrons. The van der Waals surface area contributed by atoms with Gasteiger partial charge in [0.2, 0.25) is 0 Å². The number of ether oxygens (including phenoxy) is 1. The topological polar surface area (TPSA) is 26.3 Å². The van der Waals surface area contributed by atoms with Gasteiger partial charge in [0.1, 0.15) is 0 Å². The quantitative estimate of drug-likeness (QED) is 0.428. The van der Waals surface area contributed by atoms with Gasteiger partial charge in [0, 0.05) is 11.6 Å². The fraction of sp³-hybridized carbons (Fsp3) is 0.308. The first-order valence-corrected chi connectivity index (χ1v) is 5.05. The molecule has 0 aliphatic rings. The van der Waals surface area contributed by atoms with E-state index in [9.17, 15) is 4.79 Å². The average molecular weight is 204 g/mol. The van der Waals surface area contributed by atoms with Crippen LogP contribution < -0.4 is 0 Å². The minimum atomic E-state index is -0.00958. The Labute approximate surface area is 90.6 Å². The molecule has 1 aromatic rings. The monoisotopic (exact) mass is 204 g/mol. The molecule has 0 amide bonds. The number of carbonyl (C=O) groups excluding carboxylic acids is 1. The van der Waals surface area contributed by atoms with E-state index in [2.05, 4.69) is 0 Å². The van der Waals surface area contributed by atoms with Crippen LogP contribution >= 0.6 is 0 Å². The number of benzene rings is 1. The van der Waals surface area contributed by atoms with Crippen LogP contribution in [0, 0.1) is 13.8 Å². The van der Waals surface area contributed by atoms with Gasteiger partial charge in [0.05, 0.1) is 12.9 Å². The van der Waals surface area contributed by atoms with Gasteiger partial charge in [-0.15, -0.1) is 0 Å². The number of ketones is 1. The summed E-state index contributed by atoms with van der Waals surface area (Å²) >= 11 is 0. The van der Waals surface area contributed by atoms with Crippen LogP contribution in [-0.4, -0.2) is 12.4 Å². The normalized spacial score (nSPS) is 10.6. The third-order valence-electron chi connectivity index (χ3n) is 2.14. The Balaban J connectivity index is 2.86. The number of hydrogen-bond donors (Lipinski definition) is 0. The molecule has 1 aromatic carbocycles. The van der Waals surface area contributed by atoms with Crippen molar-refractivity contribution in [1.29, 1.82) is 0 Å². The zero-order valence-corrected chi connectivity index (χ0v) is 9.41. The maximum atomic E-state index is 11.7. The third kappa shape index (κ3) is 3.24. The Kier molecular flexibility index (Phi) is 4.10. The Morgan fingerprint density at radius 3 is 2.80 bits per heavy atom. The predicted molar refractivity (Wildman–Crippen MR) is 61.0 cm³/mol. The molecule has 0 N–H and O–H groups in total. The molecular formula is C13H16O2. The van der Waals surface area contributed by atoms with Gasteiger partial charge < -0.3 is 4.74 Å². The summed E-state index contributed by atoms with van der Waals surface area (Å²) in [6, 6.07) is 5.85. The zero-order chi connectivity index (χ0) is 11.3. The smallest absolute Gasteiger partial charge is 0.189 e.